The van der Waals surface area contributed by atoms with Crippen molar-refractivity contribution in [2.75, 3.05) is 31.2 Å². The third kappa shape index (κ3) is 4.23. The molecule has 0 spiro atoms. The number of aromatic nitrogens is 1. The zero-order chi connectivity index (χ0) is 16.1. The van der Waals surface area contributed by atoms with Crippen LogP contribution in [0.3, 0.4) is 0 Å². The van der Waals surface area contributed by atoms with Gasteiger partial charge in [0.25, 0.3) is 5.91 Å². The molecule has 0 radical (unpaired) electrons. The minimum Gasteiger partial charge on any atom is -0.391 e. The van der Waals surface area contributed by atoms with Crippen molar-refractivity contribution in [3.8, 4) is 0 Å². The molecule has 2 fully saturated rings. The molecule has 1 aromatic heterocycles. The zero-order valence-corrected chi connectivity index (χ0v) is 13.4. The van der Waals surface area contributed by atoms with Gasteiger partial charge in [0.2, 0.25) is 5.76 Å². The molecule has 2 atom stereocenters. The molecule has 1 aliphatic carbocycles. The van der Waals surface area contributed by atoms with Crippen LogP contribution in [0.5, 0.6) is 0 Å². The van der Waals surface area contributed by atoms with E-state index in [1.165, 1.54) is 0 Å². The monoisotopic (exact) mass is 323 g/mol. The van der Waals surface area contributed by atoms with Crippen LogP contribution < -0.4 is 10.2 Å². The van der Waals surface area contributed by atoms with Gasteiger partial charge in [-0.05, 0) is 12.8 Å². The van der Waals surface area contributed by atoms with Crippen LogP contribution in [-0.2, 0) is 4.74 Å². The van der Waals surface area contributed by atoms with Gasteiger partial charge in [0.1, 0.15) is 0 Å². The van der Waals surface area contributed by atoms with Gasteiger partial charge in [0.05, 0.1) is 25.4 Å². The molecule has 1 amide bonds. The molecule has 2 aliphatic rings. The van der Waals surface area contributed by atoms with E-state index in [0.29, 0.717) is 19.0 Å². The van der Waals surface area contributed by atoms with Gasteiger partial charge in [0.15, 0.2) is 5.82 Å². The maximum Gasteiger partial charge on any atom is 0.290 e. The standard InChI is InChI=1S/C16H25N3O4/c20-13-6-4-2-1-3-5-12(13)17-16(21)14-11-15(18-23-14)19-7-9-22-10-8-19/h11-13,20H,1-10H2,(H,17,21)/t12-,13-/m0/s1. The second-order valence-corrected chi connectivity index (χ2v) is 6.29. The summed E-state index contributed by atoms with van der Waals surface area (Å²) in [4.78, 5) is 14.4. The molecule has 2 N–H and O–H groups in total. The third-order valence-corrected chi connectivity index (χ3v) is 4.60. The molecule has 1 saturated heterocycles. The lowest BCUT2D eigenvalue weighted by molar-refractivity contribution is 0.0742. The van der Waals surface area contributed by atoms with Crippen molar-refractivity contribution in [1.82, 2.24) is 10.5 Å². The second kappa shape index (κ2) is 7.79. The van der Waals surface area contributed by atoms with Crippen LogP contribution in [-0.4, -0.2) is 54.6 Å². The van der Waals surface area contributed by atoms with Crippen LogP contribution in [0.25, 0.3) is 0 Å². The van der Waals surface area contributed by atoms with Crippen molar-refractivity contribution >= 4 is 11.7 Å². The van der Waals surface area contributed by atoms with E-state index in [0.717, 1.165) is 51.6 Å². The summed E-state index contributed by atoms with van der Waals surface area (Å²) in [7, 11) is 0. The van der Waals surface area contributed by atoms with Crippen LogP contribution in [0.1, 0.15) is 49.1 Å². The molecule has 1 aromatic rings. The highest BCUT2D eigenvalue weighted by molar-refractivity contribution is 5.92. The fraction of sp³-hybridized carbons (Fsp3) is 0.750. The summed E-state index contributed by atoms with van der Waals surface area (Å²) in [5.74, 6) is 0.555. The summed E-state index contributed by atoms with van der Waals surface area (Å²) >= 11 is 0. The van der Waals surface area contributed by atoms with E-state index in [4.69, 9.17) is 9.26 Å². The van der Waals surface area contributed by atoms with Gasteiger partial charge in [0, 0.05) is 19.2 Å². The molecule has 3 rings (SSSR count). The summed E-state index contributed by atoms with van der Waals surface area (Å²) in [6.07, 6.45) is 5.40. The van der Waals surface area contributed by atoms with E-state index in [9.17, 15) is 9.90 Å². The first-order valence-electron chi connectivity index (χ1n) is 8.52. The van der Waals surface area contributed by atoms with Crippen LogP contribution >= 0.6 is 0 Å². The molecule has 1 saturated carbocycles. The van der Waals surface area contributed by atoms with Gasteiger partial charge in [-0.15, -0.1) is 0 Å². The summed E-state index contributed by atoms with van der Waals surface area (Å²) in [6.45, 7) is 2.80. The Bertz CT molecular complexity index is 513. The quantitative estimate of drug-likeness (QED) is 0.872. The smallest absolute Gasteiger partial charge is 0.290 e. The molecule has 1 aliphatic heterocycles. The minimum atomic E-state index is -0.485. The summed E-state index contributed by atoms with van der Waals surface area (Å²) in [5.41, 5.74) is 0. The van der Waals surface area contributed by atoms with E-state index in [1.807, 2.05) is 4.90 Å². The van der Waals surface area contributed by atoms with E-state index in [2.05, 4.69) is 10.5 Å². The number of anilines is 1. The Kier molecular flexibility index (Phi) is 5.51. The molecule has 7 nitrogen and oxygen atoms in total. The number of hydrogen-bond acceptors (Lipinski definition) is 6. The van der Waals surface area contributed by atoms with Crippen molar-refractivity contribution in [2.45, 2.75) is 50.7 Å². The fourth-order valence-corrected chi connectivity index (χ4v) is 3.19. The van der Waals surface area contributed by atoms with E-state index in [-0.39, 0.29) is 17.7 Å². The van der Waals surface area contributed by atoms with Gasteiger partial charge in [-0.25, -0.2) is 0 Å². The number of nitrogens with zero attached hydrogens (tertiary/aromatic N) is 2. The van der Waals surface area contributed by atoms with Gasteiger partial charge >= 0.3 is 0 Å². The lowest BCUT2D eigenvalue weighted by Gasteiger charge is -2.26. The van der Waals surface area contributed by atoms with Crippen molar-refractivity contribution in [1.29, 1.82) is 0 Å². The van der Waals surface area contributed by atoms with Crippen molar-refractivity contribution in [3.05, 3.63) is 11.8 Å². The molecule has 2 heterocycles. The first-order valence-corrected chi connectivity index (χ1v) is 8.52. The summed E-state index contributed by atoms with van der Waals surface area (Å²) in [5, 5.41) is 17.1. The van der Waals surface area contributed by atoms with Gasteiger partial charge in [-0.3, -0.25) is 4.79 Å². The van der Waals surface area contributed by atoms with Crippen molar-refractivity contribution in [2.24, 2.45) is 0 Å². The number of aliphatic hydroxyl groups is 1. The lowest BCUT2D eigenvalue weighted by Crippen LogP contribution is -2.43. The molecule has 0 bridgehead atoms. The Hall–Kier alpha value is -1.60. The number of morpholine rings is 1. The number of aliphatic hydroxyl groups excluding tert-OH is 1. The summed E-state index contributed by atoms with van der Waals surface area (Å²) in [6, 6.07) is 1.45. The molecule has 0 aromatic carbocycles. The number of ether oxygens (including phenoxy) is 1. The number of hydrogen-bond donors (Lipinski definition) is 2. The maximum absolute atomic E-state index is 12.4. The predicted molar refractivity (Wildman–Crippen MR) is 84.5 cm³/mol. The lowest BCUT2D eigenvalue weighted by atomic mass is 9.94. The average molecular weight is 323 g/mol. The second-order valence-electron chi connectivity index (χ2n) is 6.29. The maximum atomic E-state index is 12.4. The van der Waals surface area contributed by atoms with Crippen LogP contribution in [0.15, 0.2) is 10.6 Å². The van der Waals surface area contributed by atoms with E-state index < -0.39 is 6.10 Å². The molecule has 7 heteroatoms. The normalized spacial score (nSPS) is 26.4. The van der Waals surface area contributed by atoms with E-state index in [1.54, 1.807) is 6.07 Å². The number of carbonyl (C=O) groups excluding carboxylic acids is 1. The number of amides is 1. The topological polar surface area (TPSA) is 87.8 Å². The fourth-order valence-electron chi connectivity index (χ4n) is 3.19. The van der Waals surface area contributed by atoms with Crippen molar-refractivity contribution in [3.63, 3.8) is 0 Å². The Morgan fingerprint density at radius 1 is 1.22 bits per heavy atom. The first kappa shape index (κ1) is 16.3. The Balaban J connectivity index is 1.59. The first-order chi connectivity index (χ1) is 11.2. The summed E-state index contributed by atoms with van der Waals surface area (Å²) < 4.78 is 10.5. The highest BCUT2D eigenvalue weighted by Crippen LogP contribution is 2.19. The average Bonchev–Trinajstić information content (AvgIpc) is 3.05. The highest BCUT2D eigenvalue weighted by atomic mass is 16.5. The molecular formula is C16H25N3O4. The molecule has 128 valence electrons. The molecule has 23 heavy (non-hydrogen) atoms. The molecular weight excluding hydrogens is 298 g/mol. The highest BCUT2D eigenvalue weighted by Gasteiger charge is 2.25. The SMILES string of the molecule is O=C(N[C@H]1CCCCCC[C@@H]1O)c1cc(N2CCOCC2)no1. The minimum absolute atomic E-state index is 0.195. The number of nitrogens with one attached hydrogen (secondary N) is 1. The van der Waals surface area contributed by atoms with Crippen LogP contribution in [0.2, 0.25) is 0 Å². The zero-order valence-electron chi connectivity index (χ0n) is 13.4. The van der Waals surface area contributed by atoms with E-state index >= 15 is 0 Å². The number of carbonyl (C=O) groups is 1. The Morgan fingerprint density at radius 2 is 1.96 bits per heavy atom. The van der Waals surface area contributed by atoms with Gasteiger partial charge in [-0.1, -0.05) is 30.8 Å². The van der Waals surface area contributed by atoms with Gasteiger partial charge in [-0.2, -0.15) is 0 Å². The van der Waals surface area contributed by atoms with Crippen LogP contribution in [0.4, 0.5) is 5.82 Å². The predicted octanol–water partition coefficient (Wildman–Crippen LogP) is 1.32. The van der Waals surface area contributed by atoms with Gasteiger partial charge < -0.3 is 24.6 Å². The number of rotatable bonds is 3. The van der Waals surface area contributed by atoms with Crippen molar-refractivity contribution < 1.29 is 19.2 Å². The molecule has 0 unspecified atom stereocenters. The largest absolute Gasteiger partial charge is 0.391 e. The Morgan fingerprint density at radius 3 is 2.74 bits per heavy atom. The van der Waals surface area contributed by atoms with Crippen LogP contribution in [0, 0.1) is 0 Å². The third-order valence-electron chi connectivity index (χ3n) is 4.60. The Labute approximate surface area is 136 Å².